The standard InChI is InChI=1S/C20H18N4O2/c1-22-16-6-4-15(5-7-16)13-26-18-10-19(23-12-18)20(25)24-17-8-2-14(11-21)3-9-17/h2-9,18-19,23H,10,12-13H2,(H,24,25)/t18-,19-/m1/s1. The maximum absolute atomic E-state index is 12.3. The van der Waals surface area contributed by atoms with Crippen LogP contribution in [0.5, 0.6) is 0 Å². The van der Waals surface area contributed by atoms with Crippen LogP contribution in [0.2, 0.25) is 0 Å². The molecule has 0 radical (unpaired) electrons. The van der Waals surface area contributed by atoms with Gasteiger partial charge in [-0.15, -0.1) is 0 Å². The van der Waals surface area contributed by atoms with Gasteiger partial charge in [0.25, 0.3) is 0 Å². The highest BCUT2D eigenvalue weighted by molar-refractivity contribution is 5.95. The molecule has 0 unspecified atom stereocenters. The second kappa shape index (κ2) is 8.26. The lowest BCUT2D eigenvalue weighted by molar-refractivity contribution is -0.118. The Kier molecular flexibility index (Phi) is 5.60. The summed E-state index contributed by atoms with van der Waals surface area (Å²) in [4.78, 5) is 15.7. The van der Waals surface area contributed by atoms with Gasteiger partial charge in [-0.3, -0.25) is 4.79 Å². The van der Waals surface area contributed by atoms with E-state index >= 15 is 0 Å². The number of rotatable bonds is 5. The molecule has 0 aromatic heterocycles. The molecule has 6 heteroatoms. The summed E-state index contributed by atoms with van der Waals surface area (Å²) in [6.45, 7) is 8.02. The van der Waals surface area contributed by atoms with Gasteiger partial charge >= 0.3 is 0 Å². The first-order valence-corrected chi connectivity index (χ1v) is 8.30. The topological polar surface area (TPSA) is 78.5 Å². The predicted molar refractivity (Wildman–Crippen MR) is 97.5 cm³/mol. The third kappa shape index (κ3) is 4.46. The van der Waals surface area contributed by atoms with E-state index in [0.29, 0.717) is 36.5 Å². The van der Waals surface area contributed by atoms with E-state index in [-0.39, 0.29) is 18.1 Å². The van der Waals surface area contributed by atoms with Gasteiger partial charge in [0.1, 0.15) is 0 Å². The van der Waals surface area contributed by atoms with Gasteiger partial charge < -0.3 is 15.4 Å². The minimum atomic E-state index is -0.305. The summed E-state index contributed by atoms with van der Waals surface area (Å²) in [5, 5.41) is 14.8. The molecule has 2 atom stereocenters. The Hall–Kier alpha value is -3.19. The molecule has 1 aliphatic heterocycles. The third-order valence-corrected chi connectivity index (χ3v) is 4.24. The highest BCUT2D eigenvalue weighted by Gasteiger charge is 2.30. The van der Waals surface area contributed by atoms with Crippen molar-refractivity contribution >= 4 is 17.3 Å². The largest absolute Gasteiger partial charge is 0.372 e. The molecule has 2 aromatic rings. The smallest absolute Gasteiger partial charge is 0.241 e. The van der Waals surface area contributed by atoms with Crippen molar-refractivity contribution in [1.29, 1.82) is 5.26 Å². The predicted octanol–water partition coefficient (Wildman–Crippen LogP) is 2.99. The monoisotopic (exact) mass is 346 g/mol. The summed E-state index contributed by atoms with van der Waals surface area (Å²) >= 11 is 0. The Bertz CT molecular complexity index is 847. The van der Waals surface area contributed by atoms with E-state index in [1.807, 2.05) is 18.2 Å². The molecule has 2 N–H and O–H groups in total. The van der Waals surface area contributed by atoms with Crippen molar-refractivity contribution < 1.29 is 9.53 Å². The third-order valence-electron chi connectivity index (χ3n) is 4.24. The molecule has 6 nitrogen and oxygen atoms in total. The highest BCUT2D eigenvalue weighted by atomic mass is 16.5. The number of nitrogens with zero attached hydrogens (tertiary/aromatic N) is 2. The van der Waals surface area contributed by atoms with Gasteiger partial charge in [0, 0.05) is 12.2 Å². The number of hydrogen-bond donors (Lipinski definition) is 2. The van der Waals surface area contributed by atoms with Gasteiger partial charge in [-0.25, -0.2) is 4.85 Å². The summed E-state index contributed by atoms with van der Waals surface area (Å²) in [6, 6.07) is 15.8. The molecule has 1 amide bonds. The first-order chi connectivity index (χ1) is 12.7. The normalized spacial score (nSPS) is 18.7. The van der Waals surface area contributed by atoms with Gasteiger partial charge in [0.2, 0.25) is 5.91 Å². The molecular weight excluding hydrogens is 328 g/mol. The summed E-state index contributed by atoms with van der Waals surface area (Å²) in [7, 11) is 0. The number of nitriles is 1. The Labute approximate surface area is 152 Å². The van der Waals surface area contributed by atoms with Crippen molar-refractivity contribution in [2.75, 3.05) is 11.9 Å². The highest BCUT2D eigenvalue weighted by Crippen LogP contribution is 2.17. The van der Waals surface area contributed by atoms with E-state index in [0.717, 1.165) is 5.56 Å². The van der Waals surface area contributed by atoms with Gasteiger partial charge in [0.05, 0.1) is 37.0 Å². The number of carbonyl (C=O) groups excluding carboxylic acids is 1. The van der Waals surface area contributed by atoms with Crippen LogP contribution < -0.4 is 10.6 Å². The van der Waals surface area contributed by atoms with Crippen LogP contribution in [0, 0.1) is 17.9 Å². The lowest BCUT2D eigenvalue weighted by Gasteiger charge is -2.12. The minimum Gasteiger partial charge on any atom is -0.372 e. The molecule has 0 saturated carbocycles. The van der Waals surface area contributed by atoms with Gasteiger partial charge in [-0.2, -0.15) is 5.26 Å². The Morgan fingerprint density at radius 2 is 2.00 bits per heavy atom. The molecule has 1 saturated heterocycles. The van der Waals surface area contributed by atoms with E-state index in [4.69, 9.17) is 16.6 Å². The van der Waals surface area contributed by atoms with Crippen molar-refractivity contribution in [3.05, 3.63) is 71.1 Å². The number of anilines is 1. The lowest BCUT2D eigenvalue weighted by atomic mass is 10.1. The number of carbonyl (C=O) groups is 1. The average molecular weight is 346 g/mol. The lowest BCUT2D eigenvalue weighted by Crippen LogP contribution is -2.35. The zero-order valence-electron chi connectivity index (χ0n) is 14.1. The van der Waals surface area contributed by atoms with Crippen molar-refractivity contribution in [1.82, 2.24) is 5.32 Å². The fourth-order valence-corrected chi connectivity index (χ4v) is 2.77. The molecule has 0 aliphatic carbocycles. The molecule has 1 fully saturated rings. The van der Waals surface area contributed by atoms with Crippen LogP contribution >= 0.6 is 0 Å². The minimum absolute atomic E-state index is 0.0349. The number of ether oxygens (including phenoxy) is 1. The second-order valence-corrected chi connectivity index (χ2v) is 6.09. The van der Waals surface area contributed by atoms with E-state index in [2.05, 4.69) is 15.5 Å². The van der Waals surface area contributed by atoms with Gasteiger partial charge in [-0.05, 0) is 36.2 Å². The molecule has 0 spiro atoms. The number of benzene rings is 2. The van der Waals surface area contributed by atoms with Crippen LogP contribution in [0.1, 0.15) is 17.5 Å². The number of amides is 1. The molecule has 130 valence electrons. The summed E-state index contributed by atoms with van der Waals surface area (Å²) in [5.74, 6) is -0.109. The van der Waals surface area contributed by atoms with Crippen LogP contribution in [0.25, 0.3) is 4.85 Å². The zero-order valence-corrected chi connectivity index (χ0v) is 14.1. The Morgan fingerprint density at radius 3 is 2.65 bits per heavy atom. The van der Waals surface area contributed by atoms with E-state index < -0.39 is 0 Å². The van der Waals surface area contributed by atoms with Crippen molar-refractivity contribution in [2.45, 2.75) is 25.2 Å². The maximum Gasteiger partial charge on any atom is 0.241 e. The molecule has 3 rings (SSSR count). The first-order valence-electron chi connectivity index (χ1n) is 8.30. The second-order valence-electron chi connectivity index (χ2n) is 6.09. The number of hydrogen-bond acceptors (Lipinski definition) is 4. The maximum atomic E-state index is 12.3. The van der Waals surface area contributed by atoms with Gasteiger partial charge in [0.15, 0.2) is 5.69 Å². The van der Waals surface area contributed by atoms with Crippen LogP contribution in [0.15, 0.2) is 48.5 Å². The Morgan fingerprint density at radius 1 is 1.27 bits per heavy atom. The van der Waals surface area contributed by atoms with Crippen molar-refractivity contribution in [3.63, 3.8) is 0 Å². The SMILES string of the molecule is [C-]#[N+]c1ccc(CO[C@H]2CN[C@@H](C(=O)Nc3ccc(C#N)cc3)C2)cc1. The number of nitrogens with one attached hydrogen (secondary N) is 2. The molecule has 1 heterocycles. The zero-order chi connectivity index (χ0) is 18.4. The van der Waals surface area contributed by atoms with Gasteiger partial charge in [-0.1, -0.05) is 24.3 Å². The quantitative estimate of drug-likeness (QED) is 0.816. The Balaban J connectivity index is 1.47. The molecular formula is C20H18N4O2. The van der Waals surface area contributed by atoms with Crippen molar-refractivity contribution in [2.24, 2.45) is 0 Å². The fourth-order valence-electron chi connectivity index (χ4n) is 2.77. The molecule has 26 heavy (non-hydrogen) atoms. The molecule has 0 bridgehead atoms. The summed E-state index contributed by atoms with van der Waals surface area (Å²) in [5.41, 5.74) is 2.83. The summed E-state index contributed by atoms with van der Waals surface area (Å²) < 4.78 is 5.87. The van der Waals surface area contributed by atoms with E-state index in [9.17, 15) is 4.79 Å². The van der Waals surface area contributed by atoms with Crippen LogP contribution in [-0.4, -0.2) is 24.6 Å². The molecule has 2 aromatic carbocycles. The summed E-state index contributed by atoms with van der Waals surface area (Å²) in [6.07, 6.45) is 0.565. The average Bonchev–Trinajstić information content (AvgIpc) is 3.16. The van der Waals surface area contributed by atoms with Crippen molar-refractivity contribution in [3.8, 4) is 6.07 Å². The van der Waals surface area contributed by atoms with E-state index in [1.54, 1.807) is 36.4 Å². The van der Waals surface area contributed by atoms with Crippen LogP contribution in [-0.2, 0) is 16.1 Å². The van der Waals surface area contributed by atoms with E-state index in [1.165, 1.54) is 0 Å². The molecule has 1 aliphatic rings. The first kappa shape index (κ1) is 17.6. The fraction of sp³-hybridized carbons (Fsp3) is 0.250. The van der Waals surface area contributed by atoms with Crippen LogP contribution in [0.3, 0.4) is 0 Å². The van der Waals surface area contributed by atoms with Crippen LogP contribution in [0.4, 0.5) is 11.4 Å².